The number of rotatable bonds is 6. The number of nitrogens with two attached hydrogens (primary N) is 1. The summed E-state index contributed by atoms with van der Waals surface area (Å²) in [6.07, 6.45) is 2.12. The van der Waals surface area contributed by atoms with Gasteiger partial charge in [-0.15, -0.1) is 0 Å². The smallest absolute Gasteiger partial charge is 0.222 e. The van der Waals surface area contributed by atoms with Crippen LogP contribution in [0, 0.1) is 23.1 Å². The van der Waals surface area contributed by atoms with Crippen LogP contribution in [0.15, 0.2) is 48.7 Å². The predicted octanol–water partition coefficient (Wildman–Crippen LogP) is 2.10. The lowest BCUT2D eigenvalue weighted by Crippen LogP contribution is -2.31. The molecule has 2 heterocycles. The van der Waals surface area contributed by atoms with Crippen LogP contribution in [0.5, 0.6) is 0 Å². The minimum Gasteiger partial charge on any atom is -0.369 e. The molecule has 1 amide bonds. The highest BCUT2D eigenvalue weighted by molar-refractivity contribution is 5.77. The lowest BCUT2D eigenvalue weighted by molar-refractivity contribution is -0.121. The molecule has 3 aromatic rings. The van der Waals surface area contributed by atoms with Gasteiger partial charge in [0, 0.05) is 12.7 Å². The van der Waals surface area contributed by atoms with Crippen LogP contribution < -0.4 is 11.1 Å². The van der Waals surface area contributed by atoms with Crippen molar-refractivity contribution in [3.8, 4) is 6.07 Å². The number of halogens is 1. The molecule has 0 radical (unpaired) electrons. The number of benzene rings is 1. The molecule has 0 fully saturated rings. The van der Waals surface area contributed by atoms with Crippen molar-refractivity contribution in [2.45, 2.75) is 6.42 Å². The topological polar surface area (TPSA) is 96.2 Å². The van der Waals surface area contributed by atoms with Crippen LogP contribution >= 0.6 is 0 Å². The van der Waals surface area contributed by atoms with E-state index in [0.29, 0.717) is 23.6 Å². The Morgan fingerprint density at radius 1 is 1.32 bits per heavy atom. The molecule has 0 aliphatic heterocycles. The van der Waals surface area contributed by atoms with E-state index >= 15 is 0 Å². The second kappa shape index (κ2) is 7.01. The number of hydrogen-bond acceptors (Lipinski definition) is 4. The number of anilines is 1. The number of carbonyl (C=O) groups excluding carboxylic acids is 1. The maximum Gasteiger partial charge on any atom is 0.222 e. The van der Waals surface area contributed by atoms with Crippen LogP contribution in [0.2, 0.25) is 0 Å². The Kier molecular flexibility index (Phi) is 4.61. The average molecular weight is 337 g/mol. The van der Waals surface area contributed by atoms with Gasteiger partial charge in [-0.3, -0.25) is 9.20 Å². The fraction of sp³-hybridized carbons (Fsp3) is 0.167. The third-order valence-electron chi connectivity index (χ3n) is 3.95. The van der Waals surface area contributed by atoms with E-state index in [4.69, 9.17) is 5.73 Å². The van der Waals surface area contributed by atoms with Crippen LogP contribution in [-0.2, 0) is 11.2 Å². The highest BCUT2D eigenvalue weighted by Gasteiger charge is 2.18. The zero-order valence-electron chi connectivity index (χ0n) is 13.3. The third kappa shape index (κ3) is 3.58. The van der Waals surface area contributed by atoms with Gasteiger partial charge in [-0.2, -0.15) is 5.26 Å². The Labute approximate surface area is 143 Å². The molecule has 0 spiro atoms. The third-order valence-corrected chi connectivity index (χ3v) is 3.95. The van der Waals surface area contributed by atoms with Gasteiger partial charge in [0.05, 0.1) is 5.92 Å². The SMILES string of the molecule is N#Cc1c(NCC(Cc2ccc(F)cc2)C(N)=O)nc2ccccn12. The maximum absolute atomic E-state index is 13.0. The number of fused-ring (bicyclic) bond motifs is 1. The number of primary amides is 1. The minimum absolute atomic E-state index is 0.227. The van der Waals surface area contributed by atoms with Crippen molar-refractivity contribution in [1.29, 1.82) is 5.26 Å². The number of nitrogens with one attached hydrogen (secondary N) is 1. The van der Waals surface area contributed by atoms with Gasteiger partial charge in [-0.1, -0.05) is 18.2 Å². The molecular formula is C18H16FN5O. The van der Waals surface area contributed by atoms with Crippen molar-refractivity contribution in [3.63, 3.8) is 0 Å². The van der Waals surface area contributed by atoms with E-state index < -0.39 is 11.8 Å². The van der Waals surface area contributed by atoms with Crippen LogP contribution in [0.1, 0.15) is 11.3 Å². The molecule has 1 unspecified atom stereocenters. The van der Waals surface area contributed by atoms with E-state index in [1.165, 1.54) is 12.1 Å². The zero-order valence-corrected chi connectivity index (χ0v) is 13.3. The van der Waals surface area contributed by atoms with Gasteiger partial charge >= 0.3 is 0 Å². The summed E-state index contributed by atoms with van der Waals surface area (Å²) in [5, 5.41) is 12.4. The van der Waals surface area contributed by atoms with E-state index in [1.54, 1.807) is 34.9 Å². The van der Waals surface area contributed by atoms with E-state index in [1.807, 2.05) is 6.07 Å². The summed E-state index contributed by atoms with van der Waals surface area (Å²) in [4.78, 5) is 16.1. The first-order valence-electron chi connectivity index (χ1n) is 7.73. The van der Waals surface area contributed by atoms with Crippen molar-refractivity contribution < 1.29 is 9.18 Å². The second-order valence-corrected chi connectivity index (χ2v) is 5.66. The molecule has 0 aliphatic rings. The molecule has 0 saturated carbocycles. The zero-order chi connectivity index (χ0) is 17.8. The molecule has 1 atom stereocenters. The first-order valence-corrected chi connectivity index (χ1v) is 7.73. The molecule has 6 nitrogen and oxygen atoms in total. The minimum atomic E-state index is -0.512. The second-order valence-electron chi connectivity index (χ2n) is 5.66. The Morgan fingerprint density at radius 2 is 2.08 bits per heavy atom. The van der Waals surface area contributed by atoms with Crippen LogP contribution in [0.4, 0.5) is 10.2 Å². The fourth-order valence-corrected chi connectivity index (χ4v) is 2.62. The molecule has 7 heteroatoms. The Bertz CT molecular complexity index is 942. The number of hydrogen-bond donors (Lipinski definition) is 2. The van der Waals surface area contributed by atoms with Gasteiger partial charge in [0.2, 0.25) is 5.91 Å². The molecule has 1 aromatic carbocycles. The van der Waals surface area contributed by atoms with Gasteiger partial charge in [0.15, 0.2) is 11.5 Å². The highest BCUT2D eigenvalue weighted by Crippen LogP contribution is 2.18. The monoisotopic (exact) mass is 337 g/mol. The van der Waals surface area contributed by atoms with Crippen molar-refractivity contribution in [3.05, 3.63) is 65.7 Å². The lowest BCUT2D eigenvalue weighted by Gasteiger charge is -2.14. The number of carbonyl (C=O) groups is 1. The Morgan fingerprint density at radius 3 is 2.76 bits per heavy atom. The van der Waals surface area contributed by atoms with Crippen LogP contribution in [0.25, 0.3) is 5.65 Å². The summed E-state index contributed by atoms with van der Waals surface area (Å²) in [7, 11) is 0. The predicted molar refractivity (Wildman–Crippen MR) is 91.2 cm³/mol. The van der Waals surface area contributed by atoms with Crippen molar-refractivity contribution in [2.24, 2.45) is 11.7 Å². The first-order chi connectivity index (χ1) is 12.1. The molecular weight excluding hydrogens is 321 g/mol. The Balaban J connectivity index is 1.77. The molecule has 3 N–H and O–H groups in total. The van der Waals surface area contributed by atoms with Crippen molar-refractivity contribution in [1.82, 2.24) is 9.38 Å². The van der Waals surface area contributed by atoms with Crippen molar-refractivity contribution in [2.75, 3.05) is 11.9 Å². The lowest BCUT2D eigenvalue weighted by atomic mass is 9.98. The molecule has 3 rings (SSSR count). The summed E-state index contributed by atoms with van der Waals surface area (Å²) in [6.45, 7) is 0.227. The van der Waals surface area contributed by atoms with Gasteiger partial charge in [0.1, 0.15) is 17.5 Å². The summed E-state index contributed by atoms with van der Waals surface area (Å²) in [5.41, 5.74) is 7.29. The largest absolute Gasteiger partial charge is 0.369 e. The van der Waals surface area contributed by atoms with Crippen molar-refractivity contribution >= 4 is 17.4 Å². The van der Waals surface area contributed by atoms with Gasteiger partial charge in [0.25, 0.3) is 0 Å². The summed E-state index contributed by atoms with van der Waals surface area (Å²) in [5.74, 6) is -0.916. The number of aromatic nitrogens is 2. The quantitative estimate of drug-likeness (QED) is 0.720. The molecule has 25 heavy (non-hydrogen) atoms. The standard InChI is InChI=1S/C18H16FN5O/c19-14-6-4-12(5-7-14)9-13(17(21)25)11-22-18-15(10-20)24-8-2-1-3-16(24)23-18/h1-8,13,22H,9,11H2,(H2,21,25). The van der Waals surface area contributed by atoms with Gasteiger partial charge in [-0.25, -0.2) is 9.37 Å². The van der Waals surface area contributed by atoms with E-state index in [0.717, 1.165) is 5.56 Å². The summed E-state index contributed by atoms with van der Waals surface area (Å²) >= 11 is 0. The number of nitriles is 1. The number of imidazole rings is 1. The number of nitrogens with zero attached hydrogens (tertiary/aromatic N) is 3. The molecule has 2 aromatic heterocycles. The molecule has 126 valence electrons. The van der Waals surface area contributed by atoms with Gasteiger partial charge < -0.3 is 11.1 Å². The van der Waals surface area contributed by atoms with E-state index in [9.17, 15) is 14.4 Å². The van der Waals surface area contributed by atoms with Crippen LogP contribution in [-0.4, -0.2) is 21.8 Å². The number of pyridine rings is 1. The fourth-order valence-electron chi connectivity index (χ4n) is 2.62. The van der Waals surface area contributed by atoms with E-state index in [-0.39, 0.29) is 12.4 Å². The van der Waals surface area contributed by atoms with E-state index in [2.05, 4.69) is 16.4 Å². The van der Waals surface area contributed by atoms with Gasteiger partial charge in [-0.05, 0) is 36.2 Å². The summed E-state index contributed by atoms with van der Waals surface area (Å²) < 4.78 is 14.7. The highest BCUT2D eigenvalue weighted by atomic mass is 19.1. The molecule has 0 bridgehead atoms. The maximum atomic E-state index is 13.0. The van der Waals surface area contributed by atoms with Crippen LogP contribution in [0.3, 0.4) is 0 Å². The normalized spacial score (nSPS) is 11.8. The summed E-state index contributed by atoms with van der Waals surface area (Å²) in [6, 6.07) is 13.5. The molecule has 0 aliphatic carbocycles. The number of amides is 1. The molecule has 0 saturated heterocycles. The average Bonchev–Trinajstić information content (AvgIpc) is 2.97. The first kappa shape index (κ1) is 16.5. The Hall–Kier alpha value is -3.40.